The fourth-order valence-electron chi connectivity index (χ4n) is 4.88. The topological polar surface area (TPSA) is 113 Å². The third kappa shape index (κ3) is 6.43. The van der Waals surface area contributed by atoms with E-state index in [0.717, 1.165) is 73.2 Å². The molecule has 2 aliphatic rings. The molecule has 1 fully saturated rings. The van der Waals surface area contributed by atoms with E-state index in [4.69, 9.17) is 9.47 Å². The summed E-state index contributed by atoms with van der Waals surface area (Å²) in [5.41, 5.74) is 4.69. The zero-order chi connectivity index (χ0) is 25.2. The molecule has 9 nitrogen and oxygen atoms in total. The second-order valence-electron chi connectivity index (χ2n) is 10.0. The maximum atomic E-state index is 11.8. The van der Waals surface area contributed by atoms with Crippen molar-refractivity contribution in [2.45, 2.75) is 45.5 Å². The lowest BCUT2D eigenvalue weighted by Gasteiger charge is -2.37. The van der Waals surface area contributed by atoms with E-state index in [0.29, 0.717) is 24.8 Å². The number of rotatable bonds is 9. The molecule has 2 aliphatic heterocycles. The highest BCUT2D eigenvalue weighted by atomic mass is 32.2. The van der Waals surface area contributed by atoms with Gasteiger partial charge in [-0.25, -0.2) is 13.4 Å². The Balaban J connectivity index is 1.48. The largest absolute Gasteiger partial charge is 0.480 e. The first-order valence-corrected chi connectivity index (χ1v) is 13.9. The van der Waals surface area contributed by atoms with E-state index in [1.54, 1.807) is 12.3 Å². The molecule has 0 spiro atoms. The zero-order valence-corrected chi connectivity index (χ0v) is 21.7. The average molecular weight is 505 g/mol. The summed E-state index contributed by atoms with van der Waals surface area (Å²) in [4.78, 5) is 6.74. The first kappa shape index (κ1) is 25.7. The van der Waals surface area contributed by atoms with Crippen LogP contribution in [0, 0.1) is 5.92 Å². The summed E-state index contributed by atoms with van der Waals surface area (Å²) in [6, 6.07) is 5.88. The summed E-state index contributed by atoms with van der Waals surface area (Å²) >= 11 is 0. The number of benzene rings is 1. The molecular weight excluding hydrogens is 468 g/mol. The molecule has 0 atom stereocenters. The lowest BCUT2D eigenvalue weighted by atomic mass is 9.83. The second kappa shape index (κ2) is 10.3. The van der Waals surface area contributed by atoms with Crippen LogP contribution in [0.2, 0.25) is 0 Å². The van der Waals surface area contributed by atoms with Crippen LogP contribution in [0.5, 0.6) is 5.88 Å². The van der Waals surface area contributed by atoms with Crippen molar-refractivity contribution < 1.29 is 23.0 Å². The minimum absolute atomic E-state index is 0.218. The van der Waals surface area contributed by atoms with Gasteiger partial charge >= 0.3 is 0 Å². The second-order valence-corrected chi connectivity index (χ2v) is 11.8. The third-order valence-electron chi connectivity index (χ3n) is 6.85. The summed E-state index contributed by atoms with van der Waals surface area (Å²) < 4.78 is 37.0. The van der Waals surface area contributed by atoms with Gasteiger partial charge < -0.3 is 24.8 Å². The van der Waals surface area contributed by atoms with Gasteiger partial charge in [0.2, 0.25) is 15.9 Å². The fourth-order valence-corrected chi connectivity index (χ4v) is 5.42. The number of likely N-dealkylation sites (tertiary alicyclic amines) is 1. The minimum atomic E-state index is -3.48. The van der Waals surface area contributed by atoms with Crippen molar-refractivity contribution in [3.8, 4) is 17.0 Å². The van der Waals surface area contributed by atoms with Gasteiger partial charge in [-0.15, -0.1) is 0 Å². The summed E-state index contributed by atoms with van der Waals surface area (Å²) in [5.74, 6) is 0.569. The number of nitrogens with one attached hydrogen (secondary N) is 2. The molecule has 0 aliphatic carbocycles. The van der Waals surface area contributed by atoms with Crippen molar-refractivity contribution in [2.24, 2.45) is 5.92 Å². The SMILES string of the molecule is COc1ncc(-c2cc3c(c(NCCN4CCC(C(C)(C)O)CC4)c2)COC3)cc1NS(C)(=O)=O. The highest BCUT2D eigenvalue weighted by molar-refractivity contribution is 7.92. The van der Waals surface area contributed by atoms with E-state index in [2.05, 4.69) is 32.1 Å². The Morgan fingerprint density at radius 3 is 2.54 bits per heavy atom. The lowest BCUT2D eigenvalue weighted by molar-refractivity contribution is -0.0120. The maximum Gasteiger partial charge on any atom is 0.238 e. The molecule has 0 saturated carbocycles. The standard InChI is InChI=1S/C25H36N4O5S/c1-25(2,30)20-5-8-29(9-6-20)10-7-26-22-12-17(11-19-15-34-16-21(19)22)18-13-23(28-35(4,31)32)24(33-3)27-14-18/h11-14,20,26,28,30H,5-10,15-16H2,1-4H3. The van der Waals surface area contributed by atoms with Crippen molar-refractivity contribution in [1.29, 1.82) is 0 Å². The van der Waals surface area contributed by atoms with Gasteiger partial charge in [0.15, 0.2) is 0 Å². The summed E-state index contributed by atoms with van der Waals surface area (Å²) in [5, 5.41) is 13.9. The normalized spacial score (nSPS) is 17.3. The highest BCUT2D eigenvalue weighted by Gasteiger charge is 2.30. The molecule has 35 heavy (non-hydrogen) atoms. The van der Waals surface area contributed by atoms with Gasteiger partial charge in [-0.2, -0.15) is 0 Å². The molecule has 0 amide bonds. The van der Waals surface area contributed by atoms with E-state index < -0.39 is 15.6 Å². The molecule has 0 bridgehead atoms. The van der Waals surface area contributed by atoms with E-state index in [1.165, 1.54) is 7.11 Å². The number of fused-ring (bicyclic) bond motifs is 1. The van der Waals surface area contributed by atoms with Crippen LogP contribution >= 0.6 is 0 Å². The van der Waals surface area contributed by atoms with Crippen LogP contribution < -0.4 is 14.8 Å². The number of piperidine rings is 1. The molecule has 3 N–H and O–H groups in total. The molecule has 3 heterocycles. The molecular formula is C25H36N4O5S. The van der Waals surface area contributed by atoms with E-state index in [-0.39, 0.29) is 5.88 Å². The van der Waals surface area contributed by atoms with Crippen LogP contribution in [0.4, 0.5) is 11.4 Å². The van der Waals surface area contributed by atoms with Crippen molar-refractivity contribution in [3.63, 3.8) is 0 Å². The van der Waals surface area contributed by atoms with Gasteiger partial charge in [0.05, 0.1) is 32.2 Å². The first-order chi connectivity index (χ1) is 16.5. The van der Waals surface area contributed by atoms with E-state index in [1.807, 2.05) is 13.8 Å². The number of sulfonamides is 1. The molecule has 1 aromatic heterocycles. The number of pyridine rings is 1. The van der Waals surface area contributed by atoms with Crippen LogP contribution in [0.1, 0.15) is 37.8 Å². The average Bonchev–Trinajstić information content (AvgIpc) is 3.27. The molecule has 192 valence electrons. The molecule has 1 aromatic carbocycles. The van der Waals surface area contributed by atoms with Gasteiger partial charge in [0, 0.05) is 36.1 Å². The summed E-state index contributed by atoms with van der Waals surface area (Å²) in [6.45, 7) is 8.62. The molecule has 1 saturated heterocycles. The van der Waals surface area contributed by atoms with Crippen LogP contribution in [-0.2, 0) is 28.0 Å². The van der Waals surface area contributed by atoms with Gasteiger partial charge in [0.1, 0.15) is 5.69 Å². The van der Waals surface area contributed by atoms with E-state index in [9.17, 15) is 13.5 Å². The van der Waals surface area contributed by atoms with Crippen molar-refractivity contribution in [2.75, 3.05) is 49.6 Å². The quantitative estimate of drug-likeness (QED) is 0.478. The lowest BCUT2D eigenvalue weighted by Crippen LogP contribution is -2.43. The summed E-state index contributed by atoms with van der Waals surface area (Å²) in [7, 11) is -2.03. The van der Waals surface area contributed by atoms with Crippen molar-refractivity contribution >= 4 is 21.4 Å². The van der Waals surface area contributed by atoms with Gasteiger partial charge in [-0.1, -0.05) is 0 Å². The number of hydrogen-bond donors (Lipinski definition) is 3. The van der Waals surface area contributed by atoms with Gasteiger partial charge in [0.25, 0.3) is 0 Å². The Hall–Kier alpha value is -2.40. The smallest absolute Gasteiger partial charge is 0.238 e. The maximum absolute atomic E-state index is 11.8. The van der Waals surface area contributed by atoms with Gasteiger partial charge in [-0.05, 0) is 75.0 Å². The number of nitrogens with zero attached hydrogens (tertiary/aromatic N) is 2. The predicted molar refractivity (Wildman–Crippen MR) is 137 cm³/mol. The Kier molecular flexibility index (Phi) is 7.56. The Morgan fingerprint density at radius 1 is 1.17 bits per heavy atom. The molecule has 4 rings (SSSR count). The third-order valence-corrected chi connectivity index (χ3v) is 7.44. The predicted octanol–water partition coefficient (Wildman–Crippen LogP) is 3.05. The Labute approximate surface area is 207 Å². The van der Waals surface area contributed by atoms with Crippen LogP contribution in [0.25, 0.3) is 11.1 Å². The minimum Gasteiger partial charge on any atom is -0.480 e. The number of anilines is 2. The number of aliphatic hydroxyl groups is 1. The number of hydrogen-bond acceptors (Lipinski definition) is 8. The summed E-state index contributed by atoms with van der Waals surface area (Å²) in [6.07, 6.45) is 4.80. The highest BCUT2D eigenvalue weighted by Crippen LogP contribution is 2.36. The van der Waals surface area contributed by atoms with Crippen molar-refractivity contribution in [3.05, 3.63) is 35.5 Å². The van der Waals surface area contributed by atoms with Crippen molar-refractivity contribution in [1.82, 2.24) is 9.88 Å². The molecule has 2 aromatic rings. The monoisotopic (exact) mass is 504 g/mol. The van der Waals surface area contributed by atoms with Crippen LogP contribution in [0.3, 0.4) is 0 Å². The Bertz CT molecular complexity index is 1160. The van der Waals surface area contributed by atoms with Crippen LogP contribution in [-0.4, -0.2) is 68.6 Å². The number of ether oxygens (including phenoxy) is 2. The Morgan fingerprint density at radius 2 is 1.89 bits per heavy atom. The fraction of sp³-hybridized carbons (Fsp3) is 0.560. The number of methoxy groups -OCH3 is 1. The molecule has 0 radical (unpaired) electrons. The van der Waals surface area contributed by atoms with Crippen LogP contribution in [0.15, 0.2) is 24.4 Å². The first-order valence-electron chi connectivity index (χ1n) is 12.0. The van der Waals surface area contributed by atoms with Gasteiger partial charge in [-0.3, -0.25) is 4.72 Å². The van der Waals surface area contributed by atoms with E-state index >= 15 is 0 Å². The number of aromatic nitrogens is 1. The zero-order valence-electron chi connectivity index (χ0n) is 20.9. The molecule has 0 unspecified atom stereocenters. The molecule has 10 heteroatoms.